The fourth-order valence-electron chi connectivity index (χ4n) is 3.31. The molecule has 10 nitrogen and oxygen atoms in total. The fraction of sp³-hybridized carbons (Fsp3) is 0.130. The van der Waals surface area contributed by atoms with Crippen LogP contribution in [0, 0.1) is 19.7 Å². The summed E-state index contributed by atoms with van der Waals surface area (Å²) in [5, 5.41) is 7.23. The molecule has 2 aromatic carbocycles. The molecule has 4 aromatic rings. The first-order valence-corrected chi connectivity index (χ1v) is 10.2. The van der Waals surface area contributed by atoms with Gasteiger partial charge in [0, 0.05) is 5.69 Å². The normalized spacial score (nSPS) is 10.7. The van der Waals surface area contributed by atoms with Crippen LogP contribution >= 0.6 is 0 Å². The lowest BCUT2D eigenvalue weighted by Gasteiger charge is -2.08. The minimum atomic E-state index is -1.08. The highest BCUT2D eigenvalue weighted by atomic mass is 19.1. The zero-order valence-corrected chi connectivity index (χ0v) is 18.3. The van der Waals surface area contributed by atoms with Gasteiger partial charge < -0.3 is 15.8 Å². The third-order valence-corrected chi connectivity index (χ3v) is 4.84. The number of nitrogens with zero attached hydrogens (tertiary/aromatic N) is 5. The molecule has 0 aliphatic heterocycles. The van der Waals surface area contributed by atoms with Crippen molar-refractivity contribution in [2.75, 3.05) is 11.1 Å². The summed E-state index contributed by atoms with van der Waals surface area (Å²) in [7, 11) is 0. The molecule has 172 valence electrons. The number of hydrogen-bond donors (Lipinski definition) is 2. The maximum Gasteiger partial charge on any atom is 0.380 e. The Morgan fingerprint density at radius 3 is 2.44 bits per heavy atom. The number of rotatable bonds is 7. The number of benzene rings is 2. The lowest BCUT2D eigenvalue weighted by molar-refractivity contribution is -0.139. The Kier molecular flexibility index (Phi) is 6.26. The summed E-state index contributed by atoms with van der Waals surface area (Å²) in [6.07, 6.45) is 0. The van der Waals surface area contributed by atoms with Gasteiger partial charge in [-0.15, -0.1) is 0 Å². The van der Waals surface area contributed by atoms with Crippen LogP contribution in [0.5, 0.6) is 0 Å². The van der Waals surface area contributed by atoms with E-state index in [4.69, 9.17) is 10.5 Å². The molecule has 11 heteroatoms. The van der Waals surface area contributed by atoms with Crippen LogP contribution in [0.25, 0.3) is 5.69 Å². The average molecular weight is 461 g/mol. The van der Waals surface area contributed by atoms with Crippen molar-refractivity contribution in [2.24, 2.45) is 0 Å². The number of carbonyl (C=O) groups excluding carboxylic acids is 2. The summed E-state index contributed by atoms with van der Waals surface area (Å²) in [5.41, 5.74) is 8.08. The van der Waals surface area contributed by atoms with E-state index in [9.17, 15) is 14.0 Å². The lowest BCUT2D eigenvalue weighted by Crippen LogP contribution is -2.20. The van der Waals surface area contributed by atoms with Crippen LogP contribution in [0.3, 0.4) is 0 Å². The molecule has 0 bridgehead atoms. The van der Waals surface area contributed by atoms with E-state index in [1.807, 2.05) is 30.3 Å². The second-order valence-electron chi connectivity index (χ2n) is 7.26. The number of nitrogens with one attached hydrogen (secondary N) is 1. The van der Waals surface area contributed by atoms with Crippen LogP contribution < -0.4 is 11.1 Å². The number of para-hydroxylation sites is 1. The minimum absolute atomic E-state index is 0.0340. The minimum Gasteiger partial charge on any atom is -0.451 e. The first-order valence-electron chi connectivity index (χ1n) is 10.2. The first kappa shape index (κ1) is 22.5. The van der Waals surface area contributed by atoms with Gasteiger partial charge in [0.2, 0.25) is 11.9 Å². The largest absolute Gasteiger partial charge is 0.451 e. The number of esters is 1. The molecule has 0 unspecified atom stereocenters. The molecule has 3 N–H and O–H groups in total. The zero-order chi connectivity index (χ0) is 24.2. The van der Waals surface area contributed by atoms with Crippen molar-refractivity contribution >= 4 is 29.3 Å². The molecule has 0 fully saturated rings. The molecule has 0 radical (unpaired) electrons. The summed E-state index contributed by atoms with van der Waals surface area (Å²) in [4.78, 5) is 37.3. The molecule has 0 atom stereocenters. The molecule has 0 aliphatic rings. The molecule has 0 saturated heterocycles. The highest BCUT2D eigenvalue weighted by molar-refractivity contribution is 6.41. The molecule has 0 spiro atoms. The summed E-state index contributed by atoms with van der Waals surface area (Å²) in [5.74, 6) is -2.31. The van der Waals surface area contributed by atoms with E-state index in [-0.39, 0.29) is 23.3 Å². The van der Waals surface area contributed by atoms with Gasteiger partial charge in [-0.3, -0.25) is 4.79 Å². The summed E-state index contributed by atoms with van der Waals surface area (Å²) in [6, 6.07) is 14.8. The average Bonchev–Trinajstić information content (AvgIpc) is 3.12. The predicted octanol–water partition coefficient (Wildman–Crippen LogP) is 3.07. The first-order chi connectivity index (χ1) is 16.3. The monoisotopic (exact) mass is 461 g/mol. The maximum absolute atomic E-state index is 13.1. The van der Waals surface area contributed by atoms with E-state index in [0.717, 1.165) is 5.69 Å². The Bertz CT molecular complexity index is 1360. The molecule has 0 saturated carbocycles. The molecular weight excluding hydrogens is 441 g/mol. The van der Waals surface area contributed by atoms with Gasteiger partial charge in [-0.05, 0) is 50.2 Å². The zero-order valence-electron chi connectivity index (χ0n) is 18.3. The smallest absolute Gasteiger partial charge is 0.380 e. The van der Waals surface area contributed by atoms with E-state index < -0.39 is 24.2 Å². The SMILES string of the molecule is Cc1nn(-c2ccccc2)c(C)c1C(=O)C(=O)OCc1nc(N)nc(Nc2ccc(F)cc2)n1. The predicted molar refractivity (Wildman–Crippen MR) is 121 cm³/mol. The Morgan fingerprint density at radius 2 is 1.74 bits per heavy atom. The van der Waals surface area contributed by atoms with Gasteiger partial charge in [-0.25, -0.2) is 13.9 Å². The van der Waals surface area contributed by atoms with Gasteiger partial charge in [0.1, 0.15) is 5.82 Å². The van der Waals surface area contributed by atoms with Crippen molar-refractivity contribution in [1.82, 2.24) is 24.7 Å². The molecule has 0 aliphatic carbocycles. The second kappa shape index (κ2) is 9.45. The second-order valence-corrected chi connectivity index (χ2v) is 7.26. The van der Waals surface area contributed by atoms with E-state index in [1.54, 1.807) is 18.5 Å². The van der Waals surface area contributed by atoms with Gasteiger partial charge in [0.25, 0.3) is 5.78 Å². The fourth-order valence-corrected chi connectivity index (χ4v) is 3.31. The van der Waals surface area contributed by atoms with Gasteiger partial charge >= 0.3 is 5.97 Å². The van der Waals surface area contributed by atoms with Crippen molar-refractivity contribution in [2.45, 2.75) is 20.5 Å². The van der Waals surface area contributed by atoms with Gasteiger partial charge in [-0.1, -0.05) is 18.2 Å². The Balaban J connectivity index is 1.47. The highest BCUT2D eigenvalue weighted by Gasteiger charge is 2.26. The van der Waals surface area contributed by atoms with Crippen molar-refractivity contribution in [3.8, 4) is 5.69 Å². The number of ketones is 1. The van der Waals surface area contributed by atoms with Crippen LogP contribution in [0.2, 0.25) is 0 Å². The molecular formula is C23H20FN7O3. The topological polar surface area (TPSA) is 138 Å². The number of nitrogens with two attached hydrogens (primary N) is 1. The van der Waals surface area contributed by atoms with E-state index in [1.165, 1.54) is 24.3 Å². The summed E-state index contributed by atoms with van der Waals surface area (Å²) >= 11 is 0. The van der Waals surface area contributed by atoms with Crippen LogP contribution in [0.15, 0.2) is 54.6 Å². The number of aromatic nitrogens is 5. The highest BCUT2D eigenvalue weighted by Crippen LogP contribution is 2.19. The van der Waals surface area contributed by atoms with Crippen LogP contribution in [-0.2, 0) is 16.1 Å². The molecule has 2 aromatic heterocycles. The van der Waals surface area contributed by atoms with Crippen LogP contribution in [0.1, 0.15) is 27.6 Å². The quantitative estimate of drug-likeness (QED) is 0.241. The van der Waals surface area contributed by atoms with Crippen molar-refractivity contribution in [3.05, 3.63) is 83.2 Å². The lowest BCUT2D eigenvalue weighted by atomic mass is 10.1. The van der Waals surface area contributed by atoms with Gasteiger partial charge in [0.05, 0.1) is 22.6 Å². The molecule has 4 rings (SSSR count). The maximum atomic E-state index is 13.1. The number of nitrogen functional groups attached to an aromatic ring is 1. The standard InChI is InChI=1S/C23H20FN7O3/c1-13-19(14(2)31(30-13)17-6-4-3-5-7-17)20(32)21(33)34-12-18-27-22(25)29-23(28-18)26-16-10-8-15(24)9-11-16/h3-11H,12H2,1-2H3,(H3,25,26,27,28,29). The molecule has 2 heterocycles. The number of Topliss-reactive ketones (excluding diaryl/α,β-unsaturated/α-hetero) is 1. The van der Waals surface area contributed by atoms with E-state index in [2.05, 4.69) is 25.4 Å². The number of carbonyl (C=O) groups is 2. The van der Waals surface area contributed by atoms with Crippen LogP contribution in [-0.4, -0.2) is 36.5 Å². The Labute approximate surface area is 193 Å². The van der Waals surface area contributed by atoms with Crippen LogP contribution in [0.4, 0.5) is 22.0 Å². The van der Waals surface area contributed by atoms with Crippen molar-refractivity contribution < 1.29 is 18.7 Å². The molecule has 34 heavy (non-hydrogen) atoms. The Morgan fingerprint density at radius 1 is 1.03 bits per heavy atom. The van der Waals surface area contributed by atoms with Crippen molar-refractivity contribution in [1.29, 1.82) is 0 Å². The Hall–Kier alpha value is -4.67. The third-order valence-electron chi connectivity index (χ3n) is 4.84. The van der Waals surface area contributed by atoms with Crippen molar-refractivity contribution in [3.63, 3.8) is 0 Å². The van der Waals surface area contributed by atoms with E-state index >= 15 is 0 Å². The number of hydrogen-bond acceptors (Lipinski definition) is 9. The third kappa shape index (κ3) is 4.88. The number of halogens is 1. The van der Waals surface area contributed by atoms with E-state index in [0.29, 0.717) is 17.1 Å². The van der Waals surface area contributed by atoms with Gasteiger partial charge in [-0.2, -0.15) is 20.1 Å². The summed E-state index contributed by atoms with van der Waals surface area (Å²) < 4.78 is 19.8. The number of anilines is 3. The summed E-state index contributed by atoms with van der Waals surface area (Å²) in [6.45, 7) is 2.95. The van der Waals surface area contributed by atoms with Gasteiger partial charge in [0.15, 0.2) is 12.4 Å². The molecule has 0 amide bonds. The number of ether oxygens (including phenoxy) is 1. The number of aryl methyl sites for hydroxylation is 1.